The van der Waals surface area contributed by atoms with Gasteiger partial charge in [0.1, 0.15) is 5.69 Å². The fraction of sp³-hybridized carbons (Fsp3) is 0.579. The van der Waals surface area contributed by atoms with Gasteiger partial charge < -0.3 is 9.32 Å². The van der Waals surface area contributed by atoms with E-state index >= 15 is 0 Å². The largest absolute Gasteiger partial charge is 0.442 e. The first kappa shape index (κ1) is 19.2. The Morgan fingerprint density at radius 3 is 2.75 bits per heavy atom. The molecule has 9 heteroatoms. The molecule has 0 aromatic carbocycles. The molecule has 0 aliphatic carbocycles. The van der Waals surface area contributed by atoms with E-state index in [9.17, 15) is 13.2 Å². The number of hydrogen-bond acceptors (Lipinski definition) is 5. The van der Waals surface area contributed by atoms with Crippen LogP contribution in [0.2, 0.25) is 0 Å². The standard InChI is InChI=1S/C19H26N4O4S/c1-14-4-2-10-22(12-14)19(24)15-5-3-11-23(13-15)28(25,26)18-7-6-17(27-18)16-8-9-20-21-16/h6-9,14-15H,2-5,10-13H2,1H3,(H,20,21)/t14-,15+/m0/s1. The summed E-state index contributed by atoms with van der Waals surface area (Å²) >= 11 is 0. The predicted octanol–water partition coefficient (Wildman–Crippen LogP) is 2.33. The summed E-state index contributed by atoms with van der Waals surface area (Å²) in [5.74, 6) is 0.730. The molecule has 152 valence electrons. The van der Waals surface area contributed by atoms with Gasteiger partial charge in [-0.05, 0) is 49.8 Å². The molecule has 2 atom stereocenters. The molecule has 0 bridgehead atoms. The van der Waals surface area contributed by atoms with Crippen molar-refractivity contribution < 1.29 is 17.6 Å². The second-order valence-corrected chi connectivity index (χ2v) is 9.69. The molecule has 2 aromatic heterocycles. The highest BCUT2D eigenvalue weighted by atomic mass is 32.2. The molecular formula is C19H26N4O4S. The van der Waals surface area contributed by atoms with E-state index in [-0.39, 0.29) is 23.5 Å². The average Bonchev–Trinajstić information content (AvgIpc) is 3.39. The summed E-state index contributed by atoms with van der Waals surface area (Å²) in [6.07, 6.45) is 5.14. The number of carbonyl (C=O) groups excluding carboxylic acids is 1. The molecule has 4 rings (SSSR count). The minimum atomic E-state index is -3.78. The first-order chi connectivity index (χ1) is 13.4. The molecule has 4 heterocycles. The van der Waals surface area contributed by atoms with E-state index in [1.54, 1.807) is 18.3 Å². The van der Waals surface area contributed by atoms with E-state index in [1.165, 1.54) is 10.4 Å². The van der Waals surface area contributed by atoms with Crippen LogP contribution in [0.25, 0.3) is 11.5 Å². The smallest absolute Gasteiger partial charge is 0.276 e. The van der Waals surface area contributed by atoms with Gasteiger partial charge in [0.25, 0.3) is 10.0 Å². The number of aromatic amines is 1. The molecule has 0 spiro atoms. The topological polar surface area (TPSA) is 99.5 Å². The molecule has 0 saturated carbocycles. The quantitative estimate of drug-likeness (QED) is 0.840. The van der Waals surface area contributed by atoms with Gasteiger partial charge in [0.05, 0.1) is 5.92 Å². The average molecular weight is 407 g/mol. The first-order valence-corrected chi connectivity index (χ1v) is 11.3. The fourth-order valence-electron chi connectivity index (χ4n) is 4.13. The van der Waals surface area contributed by atoms with Crippen LogP contribution in [0.1, 0.15) is 32.6 Å². The molecule has 28 heavy (non-hydrogen) atoms. The lowest BCUT2D eigenvalue weighted by Crippen LogP contribution is -2.48. The molecule has 2 aliphatic heterocycles. The number of carbonyl (C=O) groups is 1. The van der Waals surface area contributed by atoms with Crippen molar-refractivity contribution in [2.45, 2.75) is 37.7 Å². The van der Waals surface area contributed by atoms with Crippen LogP contribution < -0.4 is 0 Å². The lowest BCUT2D eigenvalue weighted by molar-refractivity contribution is -0.138. The third kappa shape index (κ3) is 3.73. The highest BCUT2D eigenvalue weighted by Gasteiger charge is 2.37. The minimum absolute atomic E-state index is 0.0871. The number of hydrogen-bond donors (Lipinski definition) is 1. The van der Waals surface area contributed by atoms with E-state index in [4.69, 9.17) is 4.42 Å². The number of rotatable bonds is 4. The Bertz CT molecular complexity index is 922. The van der Waals surface area contributed by atoms with Gasteiger partial charge in [0, 0.05) is 32.4 Å². The Balaban J connectivity index is 1.48. The van der Waals surface area contributed by atoms with Crippen LogP contribution in [-0.4, -0.2) is 59.9 Å². The summed E-state index contributed by atoms with van der Waals surface area (Å²) in [6, 6.07) is 4.79. The Hall–Kier alpha value is -2.13. The maximum absolute atomic E-state index is 13.0. The van der Waals surface area contributed by atoms with Crippen LogP contribution in [0, 0.1) is 11.8 Å². The monoisotopic (exact) mass is 406 g/mol. The van der Waals surface area contributed by atoms with Crippen LogP contribution in [-0.2, 0) is 14.8 Å². The number of aromatic nitrogens is 2. The van der Waals surface area contributed by atoms with E-state index in [0.29, 0.717) is 30.3 Å². The molecular weight excluding hydrogens is 380 g/mol. The van der Waals surface area contributed by atoms with Crippen molar-refractivity contribution in [1.82, 2.24) is 19.4 Å². The highest BCUT2D eigenvalue weighted by molar-refractivity contribution is 7.89. The van der Waals surface area contributed by atoms with Crippen molar-refractivity contribution in [1.29, 1.82) is 0 Å². The van der Waals surface area contributed by atoms with E-state index in [0.717, 1.165) is 32.4 Å². The summed E-state index contributed by atoms with van der Waals surface area (Å²) in [6.45, 7) is 4.33. The number of H-pyrrole nitrogens is 1. The van der Waals surface area contributed by atoms with Crippen molar-refractivity contribution in [3.63, 3.8) is 0 Å². The molecule has 0 unspecified atom stereocenters. The number of furan rings is 1. The summed E-state index contributed by atoms with van der Waals surface area (Å²) < 4.78 is 33.1. The highest BCUT2D eigenvalue weighted by Crippen LogP contribution is 2.29. The van der Waals surface area contributed by atoms with Crippen molar-refractivity contribution in [3.8, 4) is 11.5 Å². The second-order valence-electron chi connectivity index (χ2n) is 7.82. The zero-order valence-electron chi connectivity index (χ0n) is 16.0. The number of sulfonamides is 1. The first-order valence-electron chi connectivity index (χ1n) is 9.83. The Labute approximate surface area is 164 Å². The van der Waals surface area contributed by atoms with Gasteiger partial charge in [0.15, 0.2) is 5.76 Å². The third-order valence-electron chi connectivity index (χ3n) is 5.64. The number of nitrogens with zero attached hydrogens (tertiary/aromatic N) is 3. The SMILES string of the molecule is C[C@H]1CCCN(C(=O)[C@@H]2CCCN(S(=O)(=O)c3ccc(-c4ccn[nH]4)o3)C2)C1. The predicted molar refractivity (Wildman–Crippen MR) is 103 cm³/mol. The zero-order chi connectivity index (χ0) is 19.7. The van der Waals surface area contributed by atoms with Crippen LogP contribution in [0.4, 0.5) is 0 Å². The van der Waals surface area contributed by atoms with Gasteiger partial charge in [-0.1, -0.05) is 6.92 Å². The molecule has 2 aliphatic rings. The minimum Gasteiger partial charge on any atom is -0.442 e. The Morgan fingerprint density at radius 2 is 2.00 bits per heavy atom. The second kappa shape index (κ2) is 7.71. The molecule has 2 aromatic rings. The van der Waals surface area contributed by atoms with Crippen LogP contribution >= 0.6 is 0 Å². The number of nitrogens with one attached hydrogen (secondary N) is 1. The van der Waals surface area contributed by atoms with Crippen molar-refractivity contribution >= 4 is 15.9 Å². The molecule has 8 nitrogen and oxygen atoms in total. The van der Waals surface area contributed by atoms with Gasteiger partial charge in [0.2, 0.25) is 11.0 Å². The van der Waals surface area contributed by atoms with E-state index < -0.39 is 10.0 Å². The number of piperidine rings is 2. The molecule has 2 fully saturated rings. The Kier molecular flexibility index (Phi) is 5.29. The van der Waals surface area contributed by atoms with Gasteiger partial charge in [-0.15, -0.1) is 0 Å². The molecule has 2 saturated heterocycles. The summed E-state index contributed by atoms with van der Waals surface area (Å²) in [5.41, 5.74) is 0.618. The molecule has 0 radical (unpaired) electrons. The summed E-state index contributed by atoms with van der Waals surface area (Å²) in [7, 11) is -3.78. The van der Waals surface area contributed by atoms with Gasteiger partial charge in [-0.2, -0.15) is 9.40 Å². The summed E-state index contributed by atoms with van der Waals surface area (Å²) in [5, 5.41) is 6.51. The number of amides is 1. The fourth-order valence-corrected chi connectivity index (χ4v) is 5.57. The van der Waals surface area contributed by atoms with E-state index in [1.807, 2.05) is 4.90 Å². The van der Waals surface area contributed by atoms with Crippen LogP contribution in [0.5, 0.6) is 0 Å². The summed E-state index contributed by atoms with van der Waals surface area (Å²) in [4.78, 5) is 14.9. The normalized spacial score (nSPS) is 24.4. The molecule has 1 amide bonds. The maximum Gasteiger partial charge on any atom is 0.276 e. The zero-order valence-corrected chi connectivity index (χ0v) is 16.8. The van der Waals surface area contributed by atoms with Gasteiger partial charge in [-0.3, -0.25) is 9.89 Å². The van der Waals surface area contributed by atoms with Crippen molar-refractivity contribution in [2.75, 3.05) is 26.2 Å². The van der Waals surface area contributed by atoms with Crippen LogP contribution in [0.15, 0.2) is 33.9 Å². The third-order valence-corrected chi connectivity index (χ3v) is 7.38. The van der Waals surface area contributed by atoms with Gasteiger partial charge in [-0.25, -0.2) is 8.42 Å². The Morgan fingerprint density at radius 1 is 1.18 bits per heavy atom. The van der Waals surface area contributed by atoms with Crippen molar-refractivity contribution in [3.05, 3.63) is 24.4 Å². The lowest BCUT2D eigenvalue weighted by Gasteiger charge is -2.37. The molecule has 1 N–H and O–H groups in total. The van der Waals surface area contributed by atoms with E-state index in [2.05, 4.69) is 17.1 Å². The lowest BCUT2D eigenvalue weighted by atomic mass is 9.94. The van der Waals surface area contributed by atoms with Crippen LogP contribution in [0.3, 0.4) is 0 Å². The van der Waals surface area contributed by atoms with Gasteiger partial charge >= 0.3 is 0 Å². The number of likely N-dealkylation sites (tertiary alicyclic amines) is 1. The maximum atomic E-state index is 13.0. The van der Waals surface area contributed by atoms with Crippen molar-refractivity contribution in [2.24, 2.45) is 11.8 Å².